The van der Waals surface area contributed by atoms with Crippen LogP contribution in [0.2, 0.25) is 0 Å². The first-order chi connectivity index (χ1) is 9.79. The molecule has 1 aliphatic heterocycles. The van der Waals surface area contributed by atoms with Gasteiger partial charge in [0.1, 0.15) is 5.37 Å². The Kier molecular flexibility index (Phi) is 4.84. The largest absolute Gasteiger partial charge is 0.304 e. The predicted octanol–water partition coefficient (Wildman–Crippen LogP) is 1.65. The van der Waals surface area contributed by atoms with Crippen molar-refractivity contribution in [3.63, 3.8) is 0 Å². The summed E-state index contributed by atoms with van der Waals surface area (Å²) in [6, 6.07) is 3.67. The minimum atomic E-state index is -3.22. The summed E-state index contributed by atoms with van der Waals surface area (Å²) >= 11 is 1.57. The molecular formula is C12H15FN2O4S2. The van der Waals surface area contributed by atoms with Crippen LogP contribution < -0.4 is 0 Å². The fourth-order valence-corrected chi connectivity index (χ4v) is 5.16. The average Bonchev–Trinajstić information content (AvgIpc) is 2.37. The minimum absolute atomic E-state index is 0.257. The van der Waals surface area contributed by atoms with E-state index in [1.165, 1.54) is 12.3 Å². The van der Waals surface area contributed by atoms with Gasteiger partial charge in [0, 0.05) is 36.9 Å². The van der Waals surface area contributed by atoms with Crippen LogP contribution in [-0.2, 0) is 16.4 Å². The van der Waals surface area contributed by atoms with Gasteiger partial charge in [-0.15, -0.1) is 0 Å². The molecule has 0 aromatic heterocycles. The highest BCUT2D eigenvalue weighted by Crippen LogP contribution is 2.24. The normalized spacial score (nSPS) is 20.4. The molecule has 1 aromatic carbocycles. The lowest BCUT2D eigenvalue weighted by atomic mass is 10.2. The molecule has 1 saturated heterocycles. The molecule has 1 aliphatic rings. The Labute approximate surface area is 126 Å². The number of sulfone groups is 1. The first-order valence-electron chi connectivity index (χ1n) is 6.22. The van der Waals surface area contributed by atoms with E-state index in [2.05, 4.69) is 0 Å². The molecule has 6 nitrogen and oxygen atoms in total. The Bertz CT molecular complexity index is 651. The molecule has 21 heavy (non-hydrogen) atoms. The quantitative estimate of drug-likeness (QED) is 0.615. The highest BCUT2D eigenvalue weighted by Gasteiger charge is 2.31. The molecule has 1 atom stereocenters. The van der Waals surface area contributed by atoms with Crippen molar-refractivity contribution in [3.8, 4) is 0 Å². The fraction of sp³-hybridized carbons (Fsp3) is 0.500. The van der Waals surface area contributed by atoms with Gasteiger partial charge in [-0.25, -0.2) is 8.42 Å². The maximum Gasteiger partial charge on any atom is 0.304 e. The van der Waals surface area contributed by atoms with Crippen molar-refractivity contribution in [2.24, 2.45) is 0 Å². The molecule has 116 valence electrons. The van der Waals surface area contributed by atoms with Crippen molar-refractivity contribution >= 4 is 27.3 Å². The topological polar surface area (TPSA) is 80.5 Å². The number of thioether (sulfide) groups is 1. The van der Waals surface area contributed by atoms with Crippen LogP contribution in [0.15, 0.2) is 18.2 Å². The molecule has 1 heterocycles. The summed E-state index contributed by atoms with van der Waals surface area (Å²) in [5.74, 6) is 0.385. The van der Waals surface area contributed by atoms with Gasteiger partial charge < -0.3 is 0 Å². The van der Waals surface area contributed by atoms with Crippen molar-refractivity contribution in [2.45, 2.75) is 11.9 Å². The van der Waals surface area contributed by atoms with Crippen LogP contribution in [0, 0.1) is 15.9 Å². The van der Waals surface area contributed by atoms with E-state index in [0.717, 1.165) is 17.9 Å². The standard InChI is InChI=1S/C12H15FN2O4S2/c1-21(18,19)12-8-20-5-4-14(12)7-9-2-3-11(15(16)17)10(13)6-9/h2-3,6,12H,4-5,7-8H2,1H3. The third-order valence-corrected chi connectivity index (χ3v) is 5.97. The molecule has 0 bridgehead atoms. The third kappa shape index (κ3) is 3.92. The van der Waals surface area contributed by atoms with Gasteiger partial charge >= 0.3 is 5.69 Å². The zero-order chi connectivity index (χ0) is 15.6. The second-order valence-corrected chi connectivity index (χ2v) is 8.23. The molecule has 2 rings (SSSR count). The summed E-state index contributed by atoms with van der Waals surface area (Å²) in [6.07, 6.45) is 1.19. The van der Waals surface area contributed by atoms with Crippen molar-refractivity contribution in [2.75, 3.05) is 24.3 Å². The number of nitro groups is 1. The molecule has 1 fully saturated rings. The first-order valence-corrected chi connectivity index (χ1v) is 9.33. The SMILES string of the molecule is CS(=O)(=O)C1CSCCN1Cc1ccc([N+](=O)[O-])c(F)c1. The smallest absolute Gasteiger partial charge is 0.281 e. The van der Waals surface area contributed by atoms with E-state index < -0.39 is 31.6 Å². The van der Waals surface area contributed by atoms with Crippen molar-refractivity contribution in [3.05, 3.63) is 39.7 Å². The highest BCUT2D eigenvalue weighted by atomic mass is 32.2. The molecule has 0 saturated carbocycles. The lowest BCUT2D eigenvalue weighted by Crippen LogP contribution is -2.46. The number of rotatable bonds is 4. The number of hydrogen-bond acceptors (Lipinski definition) is 6. The predicted molar refractivity (Wildman–Crippen MR) is 79.4 cm³/mol. The van der Waals surface area contributed by atoms with Crippen LogP contribution in [-0.4, -0.2) is 47.9 Å². The maximum absolute atomic E-state index is 13.6. The number of hydrogen-bond donors (Lipinski definition) is 0. The number of nitrogens with zero attached hydrogens (tertiary/aromatic N) is 2. The van der Waals surface area contributed by atoms with E-state index in [1.54, 1.807) is 16.7 Å². The summed E-state index contributed by atoms with van der Waals surface area (Å²) in [6.45, 7) is 0.841. The Balaban J connectivity index is 2.20. The monoisotopic (exact) mass is 334 g/mol. The summed E-state index contributed by atoms with van der Waals surface area (Å²) in [4.78, 5) is 11.6. The van der Waals surface area contributed by atoms with Crippen LogP contribution in [0.25, 0.3) is 0 Å². The molecule has 1 unspecified atom stereocenters. The van der Waals surface area contributed by atoms with Crippen LogP contribution >= 0.6 is 11.8 Å². The van der Waals surface area contributed by atoms with Gasteiger partial charge in [-0.1, -0.05) is 6.07 Å². The molecule has 9 heteroatoms. The van der Waals surface area contributed by atoms with Crippen molar-refractivity contribution in [1.29, 1.82) is 0 Å². The average molecular weight is 334 g/mol. The fourth-order valence-electron chi connectivity index (χ4n) is 2.22. The maximum atomic E-state index is 13.6. The van der Waals surface area contributed by atoms with Gasteiger partial charge in [0.15, 0.2) is 9.84 Å². The van der Waals surface area contributed by atoms with Crippen LogP contribution in [0.4, 0.5) is 10.1 Å². The first kappa shape index (κ1) is 16.2. The number of benzene rings is 1. The van der Waals surface area contributed by atoms with Gasteiger partial charge in [-0.05, 0) is 11.6 Å². The Morgan fingerprint density at radius 2 is 2.24 bits per heavy atom. The van der Waals surface area contributed by atoms with E-state index in [9.17, 15) is 22.9 Å². The molecule has 0 aliphatic carbocycles. The molecular weight excluding hydrogens is 319 g/mol. The molecule has 0 amide bonds. The van der Waals surface area contributed by atoms with Gasteiger partial charge in [0.05, 0.1) is 4.92 Å². The molecule has 0 radical (unpaired) electrons. The summed E-state index contributed by atoms with van der Waals surface area (Å²) < 4.78 is 37.2. The molecule has 0 spiro atoms. The lowest BCUT2D eigenvalue weighted by Gasteiger charge is -2.33. The van der Waals surface area contributed by atoms with E-state index in [4.69, 9.17) is 0 Å². The zero-order valence-electron chi connectivity index (χ0n) is 11.4. The van der Waals surface area contributed by atoms with Crippen LogP contribution in [0.3, 0.4) is 0 Å². The zero-order valence-corrected chi connectivity index (χ0v) is 13.0. The Hall–Kier alpha value is -1.19. The third-order valence-electron chi connectivity index (χ3n) is 3.28. The van der Waals surface area contributed by atoms with Gasteiger partial charge in [-0.2, -0.15) is 16.2 Å². The van der Waals surface area contributed by atoms with E-state index in [0.29, 0.717) is 17.9 Å². The number of halogens is 1. The van der Waals surface area contributed by atoms with E-state index in [1.807, 2.05) is 0 Å². The summed E-state index contributed by atoms with van der Waals surface area (Å²) in [5.41, 5.74) is -0.0498. The molecule has 1 aromatic rings. The van der Waals surface area contributed by atoms with Crippen LogP contribution in [0.1, 0.15) is 5.56 Å². The van der Waals surface area contributed by atoms with Crippen molar-refractivity contribution in [1.82, 2.24) is 4.90 Å². The lowest BCUT2D eigenvalue weighted by molar-refractivity contribution is -0.387. The minimum Gasteiger partial charge on any atom is -0.281 e. The number of nitro benzene ring substituents is 1. The summed E-state index contributed by atoms with van der Waals surface area (Å²) in [5, 5.41) is 9.98. The van der Waals surface area contributed by atoms with Gasteiger partial charge in [-0.3, -0.25) is 15.0 Å². The highest BCUT2D eigenvalue weighted by molar-refractivity contribution is 8.00. The second-order valence-electron chi connectivity index (χ2n) is 4.87. The molecule has 0 N–H and O–H groups in total. The Morgan fingerprint density at radius 1 is 1.52 bits per heavy atom. The van der Waals surface area contributed by atoms with E-state index >= 15 is 0 Å². The van der Waals surface area contributed by atoms with Gasteiger partial charge in [0.25, 0.3) is 0 Å². The Morgan fingerprint density at radius 3 is 2.81 bits per heavy atom. The summed E-state index contributed by atoms with van der Waals surface area (Å²) in [7, 11) is -3.22. The van der Waals surface area contributed by atoms with Crippen LogP contribution in [0.5, 0.6) is 0 Å². The van der Waals surface area contributed by atoms with Gasteiger partial charge in [0.2, 0.25) is 5.82 Å². The van der Waals surface area contributed by atoms with Crippen molar-refractivity contribution < 1.29 is 17.7 Å². The second kappa shape index (κ2) is 6.29. The van der Waals surface area contributed by atoms with E-state index in [-0.39, 0.29) is 6.54 Å².